The summed E-state index contributed by atoms with van der Waals surface area (Å²) in [6.07, 6.45) is 1.92. The van der Waals surface area contributed by atoms with Gasteiger partial charge in [0.1, 0.15) is 24.8 Å². The predicted octanol–water partition coefficient (Wildman–Crippen LogP) is 2.85. The number of nitrogens with zero attached hydrogens (tertiary/aromatic N) is 1. The molecule has 2 aromatic carbocycles. The highest BCUT2D eigenvalue weighted by molar-refractivity contribution is 7.89. The van der Waals surface area contributed by atoms with E-state index >= 15 is 0 Å². The van der Waals surface area contributed by atoms with Crippen molar-refractivity contribution < 1.29 is 26.7 Å². The van der Waals surface area contributed by atoms with Gasteiger partial charge >= 0.3 is 0 Å². The lowest BCUT2D eigenvalue weighted by atomic mass is 10.0. The smallest absolute Gasteiger partial charge is 0.246 e. The normalized spacial score (nSPS) is 19.4. The summed E-state index contributed by atoms with van der Waals surface area (Å²) >= 11 is 0. The zero-order valence-electron chi connectivity index (χ0n) is 15.7. The van der Waals surface area contributed by atoms with E-state index in [1.807, 2.05) is 18.2 Å². The minimum absolute atomic E-state index is 0.0527. The van der Waals surface area contributed by atoms with Gasteiger partial charge in [-0.15, -0.1) is 0 Å². The van der Waals surface area contributed by atoms with E-state index in [2.05, 4.69) is 9.62 Å². The molecule has 0 spiro atoms. The van der Waals surface area contributed by atoms with Crippen molar-refractivity contribution >= 4 is 10.0 Å². The molecular formula is C20H22F2N2O4S. The Morgan fingerprint density at radius 1 is 1.07 bits per heavy atom. The molecule has 0 amide bonds. The molecule has 2 aliphatic heterocycles. The Balaban J connectivity index is 1.42. The summed E-state index contributed by atoms with van der Waals surface area (Å²) in [4.78, 5) is 1.22. The maximum Gasteiger partial charge on any atom is 0.246 e. The molecule has 1 N–H and O–H groups in total. The zero-order valence-corrected chi connectivity index (χ0v) is 16.6. The number of likely N-dealkylation sites (tertiary alicyclic amines) is 1. The molecule has 2 heterocycles. The number of benzene rings is 2. The second kappa shape index (κ2) is 8.25. The molecule has 9 heteroatoms. The quantitative estimate of drug-likeness (QED) is 0.773. The maximum atomic E-state index is 13.8. The summed E-state index contributed by atoms with van der Waals surface area (Å²) in [7, 11) is -4.27. The second-order valence-electron chi connectivity index (χ2n) is 7.05. The Bertz CT molecular complexity index is 980. The molecule has 1 fully saturated rings. The van der Waals surface area contributed by atoms with Crippen molar-refractivity contribution in [3.8, 4) is 11.5 Å². The van der Waals surface area contributed by atoms with Gasteiger partial charge in [-0.05, 0) is 49.2 Å². The number of sulfonamides is 1. The van der Waals surface area contributed by atoms with Crippen LogP contribution in [-0.4, -0.2) is 46.2 Å². The fraction of sp³-hybridized carbons (Fsp3) is 0.400. The van der Waals surface area contributed by atoms with Crippen LogP contribution in [0.5, 0.6) is 11.5 Å². The van der Waals surface area contributed by atoms with Gasteiger partial charge in [0.25, 0.3) is 0 Å². The molecule has 0 bridgehead atoms. The van der Waals surface area contributed by atoms with E-state index in [4.69, 9.17) is 9.47 Å². The van der Waals surface area contributed by atoms with E-state index in [-0.39, 0.29) is 12.6 Å². The van der Waals surface area contributed by atoms with E-state index in [0.717, 1.165) is 54.6 Å². The first-order valence-electron chi connectivity index (χ1n) is 9.53. The first-order valence-corrected chi connectivity index (χ1v) is 11.0. The summed E-state index contributed by atoms with van der Waals surface area (Å²) in [6.45, 7) is 2.34. The van der Waals surface area contributed by atoms with Crippen LogP contribution in [0.2, 0.25) is 0 Å². The highest BCUT2D eigenvalue weighted by Crippen LogP contribution is 2.37. The molecule has 0 saturated carbocycles. The summed E-state index contributed by atoms with van der Waals surface area (Å²) in [6, 6.07) is 8.97. The number of hydrogen-bond acceptors (Lipinski definition) is 5. The predicted molar refractivity (Wildman–Crippen MR) is 103 cm³/mol. The van der Waals surface area contributed by atoms with Crippen molar-refractivity contribution in [2.45, 2.75) is 23.8 Å². The highest BCUT2D eigenvalue weighted by Gasteiger charge is 2.28. The van der Waals surface area contributed by atoms with E-state index in [1.165, 1.54) is 0 Å². The first kappa shape index (κ1) is 20.1. The number of nitrogens with one attached hydrogen (secondary N) is 1. The van der Waals surface area contributed by atoms with Gasteiger partial charge in [0.2, 0.25) is 10.0 Å². The molecule has 29 heavy (non-hydrogen) atoms. The van der Waals surface area contributed by atoms with Gasteiger partial charge in [0, 0.05) is 19.1 Å². The van der Waals surface area contributed by atoms with Crippen molar-refractivity contribution in [2.24, 2.45) is 0 Å². The zero-order chi connectivity index (χ0) is 20.4. The summed E-state index contributed by atoms with van der Waals surface area (Å²) < 4.78 is 65.8. The molecule has 2 aromatic rings. The summed E-state index contributed by atoms with van der Waals surface area (Å²) in [5, 5.41) is 0. The van der Waals surface area contributed by atoms with Crippen molar-refractivity contribution in [2.75, 3.05) is 32.8 Å². The fourth-order valence-corrected chi connectivity index (χ4v) is 5.03. The first-order chi connectivity index (χ1) is 14.0. The third-order valence-corrected chi connectivity index (χ3v) is 6.71. The second-order valence-corrected chi connectivity index (χ2v) is 8.75. The molecule has 1 saturated heterocycles. The standard InChI is InChI=1S/C20H22F2N2O4S/c21-15-3-1-4-16(22)20(15)29(25,26)23-8-10-24-9-2-5-17(24)14-6-7-18-19(13-14)28-12-11-27-18/h1,3-4,6-7,13,17,23H,2,5,8-12H2. The number of ether oxygens (including phenoxy) is 2. The van der Waals surface area contributed by atoms with Gasteiger partial charge in [0.15, 0.2) is 16.4 Å². The monoisotopic (exact) mass is 424 g/mol. The van der Waals surface area contributed by atoms with Crippen LogP contribution < -0.4 is 14.2 Å². The lowest BCUT2D eigenvalue weighted by molar-refractivity contribution is 0.170. The largest absolute Gasteiger partial charge is 0.486 e. The van der Waals surface area contributed by atoms with Crippen LogP contribution in [0.25, 0.3) is 0 Å². The van der Waals surface area contributed by atoms with Gasteiger partial charge < -0.3 is 9.47 Å². The molecule has 156 valence electrons. The van der Waals surface area contributed by atoms with Crippen molar-refractivity contribution in [1.82, 2.24) is 9.62 Å². The van der Waals surface area contributed by atoms with E-state index in [9.17, 15) is 17.2 Å². The average molecular weight is 424 g/mol. The van der Waals surface area contributed by atoms with Crippen LogP contribution >= 0.6 is 0 Å². The topological polar surface area (TPSA) is 67.9 Å². The van der Waals surface area contributed by atoms with Crippen molar-refractivity contribution in [3.63, 3.8) is 0 Å². The van der Waals surface area contributed by atoms with Gasteiger partial charge in [-0.2, -0.15) is 0 Å². The molecule has 4 rings (SSSR count). The summed E-state index contributed by atoms with van der Waals surface area (Å²) in [5.41, 5.74) is 1.08. The van der Waals surface area contributed by atoms with Crippen LogP contribution in [0.15, 0.2) is 41.3 Å². The van der Waals surface area contributed by atoms with Crippen LogP contribution in [0.3, 0.4) is 0 Å². The Kier molecular flexibility index (Phi) is 5.71. The lowest BCUT2D eigenvalue weighted by Gasteiger charge is -2.26. The van der Waals surface area contributed by atoms with Gasteiger partial charge in [-0.3, -0.25) is 4.90 Å². The maximum absolute atomic E-state index is 13.8. The third-order valence-electron chi connectivity index (χ3n) is 5.19. The average Bonchev–Trinajstić information content (AvgIpc) is 3.15. The van der Waals surface area contributed by atoms with E-state index in [1.54, 1.807) is 0 Å². The Hall–Kier alpha value is -2.23. The number of hydrogen-bond donors (Lipinski definition) is 1. The molecular weight excluding hydrogens is 402 g/mol. The van der Waals surface area contributed by atoms with Crippen LogP contribution in [-0.2, 0) is 10.0 Å². The SMILES string of the molecule is O=S(=O)(NCCN1CCCC1c1ccc2c(c1)OCCO2)c1c(F)cccc1F. The molecule has 2 aliphatic rings. The number of halogens is 2. The van der Waals surface area contributed by atoms with E-state index < -0.39 is 26.6 Å². The molecule has 1 unspecified atom stereocenters. The third kappa shape index (κ3) is 4.22. The Morgan fingerprint density at radius 2 is 1.79 bits per heavy atom. The number of fused-ring (bicyclic) bond motifs is 1. The highest BCUT2D eigenvalue weighted by atomic mass is 32.2. The molecule has 0 aromatic heterocycles. The molecule has 1 atom stereocenters. The van der Waals surface area contributed by atoms with Crippen molar-refractivity contribution in [3.05, 3.63) is 53.6 Å². The number of rotatable bonds is 6. The lowest BCUT2D eigenvalue weighted by Crippen LogP contribution is -2.35. The van der Waals surface area contributed by atoms with Gasteiger partial charge in [-0.1, -0.05) is 12.1 Å². The van der Waals surface area contributed by atoms with E-state index in [0.29, 0.717) is 19.8 Å². The molecule has 0 radical (unpaired) electrons. The van der Waals surface area contributed by atoms with Crippen LogP contribution in [0.1, 0.15) is 24.4 Å². The Labute approximate surface area is 168 Å². The summed E-state index contributed by atoms with van der Waals surface area (Å²) in [5.74, 6) is -0.763. The fourth-order valence-electron chi connectivity index (χ4n) is 3.87. The minimum Gasteiger partial charge on any atom is -0.486 e. The Morgan fingerprint density at radius 3 is 2.55 bits per heavy atom. The van der Waals surface area contributed by atoms with Crippen LogP contribution in [0, 0.1) is 11.6 Å². The molecule has 6 nitrogen and oxygen atoms in total. The minimum atomic E-state index is -4.27. The van der Waals surface area contributed by atoms with Crippen molar-refractivity contribution in [1.29, 1.82) is 0 Å². The van der Waals surface area contributed by atoms with Gasteiger partial charge in [0.05, 0.1) is 0 Å². The van der Waals surface area contributed by atoms with Gasteiger partial charge in [-0.25, -0.2) is 21.9 Å². The molecule has 0 aliphatic carbocycles. The van der Waals surface area contributed by atoms with Crippen LogP contribution in [0.4, 0.5) is 8.78 Å².